The van der Waals surface area contributed by atoms with Crippen LogP contribution in [0.25, 0.3) is 11.0 Å². The smallest absolute Gasteiger partial charge is 0.223 e. The fraction of sp³-hybridized carbons (Fsp3) is 0.583. The molecule has 0 radical (unpaired) electrons. The maximum absolute atomic E-state index is 12.1. The van der Waals surface area contributed by atoms with Crippen LogP contribution in [0.4, 0.5) is 0 Å². The number of aromatic nitrogens is 2. The van der Waals surface area contributed by atoms with Gasteiger partial charge >= 0.3 is 0 Å². The number of allylic oxidation sites excluding steroid dienone is 1. The highest BCUT2D eigenvalue weighted by Crippen LogP contribution is 2.39. The normalized spacial score (nSPS) is 25.2. The van der Waals surface area contributed by atoms with Crippen LogP contribution in [0.1, 0.15) is 45.9 Å². The Labute approximate surface area is 168 Å². The molecule has 3 atom stereocenters. The highest BCUT2D eigenvalue weighted by Gasteiger charge is 2.34. The summed E-state index contributed by atoms with van der Waals surface area (Å²) in [5, 5.41) is 3.21. The second-order valence-corrected chi connectivity index (χ2v) is 9.21. The van der Waals surface area contributed by atoms with Gasteiger partial charge < -0.3 is 9.88 Å². The Morgan fingerprint density at radius 3 is 2.71 bits per heavy atom. The molecule has 1 aromatic heterocycles. The summed E-state index contributed by atoms with van der Waals surface area (Å²) in [5.41, 5.74) is 3.74. The highest BCUT2D eigenvalue weighted by atomic mass is 16.2. The van der Waals surface area contributed by atoms with E-state index >= 15 is 0 Å². The lowest BCUT2D eigenvalue weighted by Gasteiger charge is -2.37. The number of carbonyl (C=O) groups is 1. The molecular formula is C24H33N3O. The van der Waals surface area contributed by atoms with Crippen LogP contribution in [0.3, 0.4) is 0 Å². The molecule has 0 bridgehead atoms. The second-order valence-electron chi connectivity index (χ2n) is 9.21. The number of para-hydroxylation sites is 2. The monoisotopic (exact) mass is 379 g/mol. The average molecular weight is 380 g/mol. The number of hydrogen-bond acceptors (Lipinski definition) is 2. The van der Waals surface area contributed by atoms with Gasteiger partial charge in [0.2, 0.25) is 5.91 Å². The lowest BCUT2D eigenvalue weighted by molar-refractivity contribution is -0.122. The van der Waals surface area contributed by atoms with Crippen molar-refractivity contribution in [1.82, 2.24) is 14.9 Å². The van der Waals surface area contributed by atoms with Gasteiger partial charge in [0.05, 0.1) is 11.0 Å². The predicted molar refractivity (Wildman–Crippen MR) is 114 cm³/mol. The molecular weight excluding hydrogens is 346 g/mol. The molecule has 2 aliphatic rings. The van der Waals surface area contributed by atoms with Crippen molar-refractivity contribution in [2.24, 2.45) is 36.6 Å². The molecule has 1 N–H and O–H groups in total. The number of aryl methyl sites for hydroxylation is 1. The zero-order chi connectivity index (χ0) is 19.8. The topological polar surface area (TPSA) is 46.9 Å². The summed E-state index contributed by atoms with van der Waals surface area (Å²) in [4.78, 5) is 17.0. The molecule has 1 aromatic carbocycles. The Morgan fingerprint density at radius 1 is 1.29 bits per heavy atom. The number of rotatable bonds is 6. The summed E-state index contributed by atoms with van der Waals surface area (Å²) < 4.78 is 2.24. The third-order valence-corrected chi connectivity index (χ3v) is 6.85. The van der Waals surface area contributed by atoms with Crippen LogP contribution >= 0.6 is 0 Å². The standard InChI is InChI=1S/C24H33N3O/c1-15(2)20-12-18(13-23-26-21-7-5-6-8-22(21)27(23)4)16(3)11-19(20)14-25-24(28)17-9-10-17/h5-8,11,15,17-20H,9-10,12-14H2,1-4H3,(H,25,28). The van der Waals surface area contributed by atoms with Crippen LogP contribution in [-0.4, -0.2) is 22.0 Å². The van der Waals surface area contributed by atoms with E-state index in [0.717, 1.165) is 31.3 Å². The number of nitrogens with zero attached hydrogens (tertiary/aromatic N) is 2. The van der Waals surface area contributed by atoms with E-state index in [2.05, 4.69) is 68.0 Å². The van der Waals surface area contributed by atoms with E-state index in [1.165, 1.54) is 23.3 Å². The number of nitrogens with one attached hydrogen (secondary N) is 1. The molecule has 0 saturated heterocycles. The van der Waals surface area contributed by atoms with Crippen molar-refractivity contribution in [3.63, 3.8) is 0 Å². The lowest BCUT2D eigenvalue weighted by atomic mass is 9.69. The van der Waals surface area contributed by atoms with Crippen LogP contribution in [-0.2, 0) is 18.3 Å². The van der Waals surface area contributed by atoms with Crippen LogP contribution in [0.5, 0.6) is 0 Å². The summed E-state index contributed by atoms with van der Waals surface area (Å²) in [6.45, 7) is 7.69. The van der Waals surface area contributed by atoms with Crippen molar-refractivity contribution in [2.75, 3.05) is 6.54 Å². The molecule has 3 unspecified atom stereocenters. The van der Waals surface area contributed by atoms with Gasteiger partial charge in [-0.1, -0.05) is 37.6 Å². The molecule has 4 nitrogen and oxygen atoms in total. The minimum absolute atomic E-state index is 0.260. The third kappa shape index (κ3) is 3.87. The van der Waals surface area contributed by atoms with Gasteiger partial charge in [-0.2, -0.15) is 0 Å². The summed E-state index contributed by atoms with van der Waals surface area (Å²) in [5.74, 6) is 3.89. The summed E-state index contributed by atoms with van der Waals surface area (Å²) in [6.07, 6.45) is 6.73. The molecule has 2 aromatic rings. The minimum Gasteiger partial charge on any atom is -0.355 e. The number of fused-ring (bicyclic) bond motifs is 1. The van der Waals surface area contributed by atoms with E-state index in [4.69, 9.17) is 4.98 Å². The highest BCUT2D eigenvalue weighted by molar-refractivity contribution is 5.80. The maximum Gasteiger partial charge on any atom is 0.223 e. The summed E-state index contributed by atoms with van der Waals surface area (Å²) >= 11 is 0. The Kier molecular flexibility index (Phi) is 5.31. The zero-order valence-electron chi connectivity index (χ0n) is 17.6. The van der Waals surface area contributed by atoms with Gasteiger partial charge in [0.15, 0.2) is 0 Å². The van der Waals surface area contributed by atoms with Crippen LogP contribution in [0, 0.1) is 29.6 Å². The molecule has 1 fully saturated rings. The van der Waals surface area contributed by atoms with Gasteiger partial charge in [-0.15, -0.1) is 0 Å². The number of amides is 1. The number of hydrogen-bond donors (Lipinski definition) is 1. The second kappa shape index (κ2) is 7.73. The largest absolute Gasteiger partial charge is 0.355 e. The fourth-order valence-electron chi connectivity index (χ4n) is 4.81. The lowest BCUT2D eigenvalue weighted by Crippen LogP contribution is -2.37. The molecule has 28 heavy (non-hydrogen) atoms. The van der Waals surface area contributed by atoms with Crippen LogP contribution in [0.15, 0.2) is 35.9 Å². The van der Waals surface area contributed by atoms with Crippen molar-refractivity contribution >= 4 is 16.9 Å². The van der Waals surface area contributed by atoms with E-state index < -0.39 is 0 Å². The van der Waals surface area contributed by atoms with E-state index in [1.807, 2.05) is 0 Å². The van der Waals surface area contributed by atoms with E-state index in [1.54, 1.807) is 0 Å². The molecule has 0 spiro atoms. The molecule has 1 amide bonds. The van der Waals surface area contributed by atoms with Gasteiger partial charge in [-0.25, -0.2) is 4.98 Å². The molecule has 2 aliphatic carbocycles. The first kappa shape index (κ1) is 19.2. The van der Waals surface area contributed by atoms with E-state index in [-0.39, 0.29) is 11.8 Å². The maximum atomic E-state index is 12.1. The number of imidazole rings is 1. The van der Waals surface area contributed by atoms with E-state index in [9.17, 15) is 4.79 Å². The quantitative estimate of drug-likeness (QED) is 0.752. The minimum atomic E-state index is 0.260. The SMILES string of the molecule is CC1=CC(CNC(=O)C2CC2)C(C(C)C)CC1Cc1nc2ccccc2n1C. The molecule has 4 heteroatoms. The molecule has 4 rings (SSSR count). The van der Waals surface area contributed by atoms with E-state index in [0.29, 0.717) is 23.7 Å². The molecule has 1 saturated carbocycles. The molecule has 150 valence electrons. The first-order chi connectivity index (χ1) is 13.4. The number of benzene rings is 1. The van der Waals surface area contributed by atoms with Crippen molar-refractivity contribution < 1.29 is 4.79 Å². The first-order valence-electron chi connectivity index (χ1n) is 10.8. The van der Waals surface area contributed by atoms with Crippen molar-refractivity contribution in [2.45, 2.75) is 46.5 Å². The van der Waals surface area contributed by atoms with Gasteiger partial charge in [-0.05, 0) is 62.0 Å². The number of carbonyl (C=O) groups excluding carboxylic acids is 1. The Hall–Kier alpha value is -2.10. The van der Waals surface area contributed by atoms with Gasteiger partial charge in [0.1, 0.15) is 5.82 Å². The molecule has 1 heterocycles. The fourth-order valence-corrected chi connectivity index (χ4v) is 4.81. The van der Waals surface area contributed by atoms with Gasteiger partial charge in [0.25, 0.3) is 0 Å². The average Bonchev–Trinajstić information content (AvgIpc) is 3.47. The molecule has 0 aliphatic heterocycles. The van der Waals surface area contributed by atoms with Crippen molar-refractivity contribution in [1.29, 1.82) is 0 Å². The Morgan fingerprint density at radius 2 is 2.04 bits per heavy atom. The van der Waals surface area contributed by atoms with Gasteiger partial charge in [0, 0.05) is 25.9 Å². The zero-order valence-corrected chi connectivity index (χ0v) is 17.6. The Bertz CT molecular complexity index is 890. The van der Waals surface area contributed by atoms with Crippen LogP contribution in [0.2, 0.25) is 0 Å². The van der Waals surface area contributed by atoms with Crippen molar-refractivity contribution in [3.8, 4) is 0 Å². The van der Waals surface area contributed by atoms with Gasteiger partial charge in [-0.3, -0.25) is 4.79 Å². The van der Waals surface area contributed by atoms with Crippen LogP contribution < -0.4 is 5.32 Å². The summed E-state index contributed by atoms with van der Waals surface area (Å²) in [6, 6.07) is 8.37. The predicted octanol–water partition coefficient (Wildman–Crippen LogP) is 4.50. The summed E-state index contributed by atoms with van der Waals surface area (Å²) in [7, 11) is 2.13. The third-order valence-electron chi connectivity index (χ3n) is 6.85. The Balaban J connectivity index is 1.50. The van der Waals surface area contributed by atoms with Crippen molar-refractivity contribution in [3.05, 3.63) is 41.7 Å². The first-order valence-corrected chi connectivity index (χ1v) is 10.8.